The largest absolute Gasteiger partial charge is 0.479 e. The van der Waals surface area contributed by atoms with Crippen LogP contribution >= 0.6 is 0 Å². The fraction of sp³-hybridized carbons (Fsp3) is 0.500. The van der Waals surface area contributed by atoms with Crippen molar-refractivity contribution in [1.29, 1.82) is 0 Å². The first-order chi connectivity index (χ1) is 11.8. The molecule has 26 heavy (non-hydrogen) atoms. The Morgan fingerprint density at radius 3 is 2.19 bits per heavy atom. The average Bonchev–Trinajstić information content (AvgIpc) is 2.77. The van der Waals surface area contributed by atoms with Crippen molar-refractivity contribution in [3.8, 4) is 0 Å². The van der Waals surface area contributed by atoms with Gasteiger partial charge in [-0.3, -0.25) is 4.90 Å². The van der Waals surface area contributed by atoms with E-state index in [1.54, 1.807) is 46.8 Å². The van der Waals surface area contributed by atoms with Gasteiger partial charge in [0, 0.05) is 0 Å². The second-order valence-electron chi connectivity index (χ2n) is 8.02. The second kappa shape index (κ2) is 6.76. The highest BCUT2D eigenvalue weighted by atomic mass is 16.6. The monoisotopic (exact) mass is 361 g/mol. The topological polar surface area (TPSA) is 76.1 Å². The molecule has 0 saturated carbocycles. The van der Waals surface area contributed by atoms with Crippen molar-refractivity contribution in [2.24, 2.45) is 0 Å². The molecule has 0 unspecified atom stereocenters. The summed E-state index contributed by atoms with van der Waals surface area (Å²) in [7, 11) is 0. The number of carbonyl (C=O) groups excluding carboxylic acids is 1. The summed E-state index contributed by atoms with van der Waals surface area (Å²) >= 11 is 0. The van der Waals surface area contributed by atoms with E-state index in [1.807, 2.05) is 19.1 Å². The van der Waals surface area contributed by atoms with Gasteiger partial charge in [-0.1, -0.05) is 36.4 Å². The number of carboxylic acid groups (broad SMARTS) is 1. The van der Waals surface area contributed by atoms with Crippen LogP contribution in [0.25, 0.3) is 5.57 Å². The number of nitrogens with zero attached hydrogens (tertiary/aromatic N) is 1. The van der Waals surface area contributed by atoms with Crippen LogP contribution in [-0.2, 0) is 14.3 Å². The molecule has 1 fully saturated rings. The summed E-state index contributed by atoms with van der Waals surface area (Å²) in [5, 5.41) is 9.63. The zero-order chi connectivity index (χ0) is 19.9. The first-order valence-electron chi connectivity index (χ1n) is 8.52. The Bertz CT molecular complexity index is 715. The van der Waals surface area contributed by atoms with Gasteiger partial charge in [-0.05, 0) is 52.7 Å². The maximum atomic E-state index is 12.8. The van der Waals surface area contributed by atoms with Crippen molar-refractivity contribution in [3.63, 3.8) is 0 Å². The predicted molar refractivity (Wildman–Crippen MR) is 98.6 cm³/mol. The molecule has 1 heterocycles. The Balaban J connectivity index is 2.49. The third kappa shape index (κ3) is 4.07. The quantitative estimate of drug-likeness (QED) is 0.872. The number of benzene rings is 1. The predicted octanol–water partition coefficient (Wildman–Crippen LogP) is 4.22. The zero-order valence-corrected chi connectivity index (χ0v) is 16.2. The van der Waals surface area contributed by atoms with Crippen molar-refractivity contribution in [2.75, 3.05) is 0 Å². The molecule has 2 rings (SSSR count). The average molecular weight is 361 g/mol. The standard InChI is InChI=1S/C20H27NO5/c1-12(2)13-8-10-14(11-9-13)15-16(17(22)23)25-20(6,7)21(15)18(24)26-19(3,4)5/h8-11,15-16H,1H2,2-7H3,(H,22,23)/t15-,16+/m0/s1. The number of hydrogen-bond donors (Lipinski definition) is 1. The minimum absolute atomic E-state index is 0.611. The first-order valence-corrected chi connectivity index (χ1v) is 8.52. The van der Waals surface area contributed by atoms with E-state index in [0.717, 1.165) is 11.1 Å². The lowest BCUT2D eigenvalue weighted by Crippen LogP contribution is -2.47. The van der Waals surface area contributed by atoms with Crippen molar-refractivity contribution in [1.82, 2.24) is 4.90 Å². The van der Waals surface area contributed by atoms with E-state index >= 15 is 0 Å². The number of carboxylic acids is 1. The molecule has 0 aromatic heterocycles. The lowest BCUT2D eigenvalue weighted by Gasteiger charge is -2.35. The molecule has 2 atom stereocenters. The highest BCUT2D eigenvalue weighted by molar-refractivity contribution is 5.78. The van der Waals surface area contributed by atoms with Crippen LogP contribution in [0.4, 0.5) is 4.79 Å². The molecule has 1 saturated heterocycles. The van der Waals surface area contributed by atoms with Crippen LogP contribution < -0.4 is 0 Å². The van der Waals surface area contributed by atoms with Crippen LogP contribution in [0.3, 0.4) is 0 Å². The fourth-order valence-corrected chi connectivity index (χ4v) is 3.02. The minimum Gasteiger partial charge on any atom is -0.479 e. The third-order valence-corrected chi connectivity index (χ3v) is 4.14. The number of carbonyl (C=O) groups is 2. The van der Waals surface area contributed by atoms with Gasteiger partial charge in [0.25, 0.3) is 0 Å². The molecule has 1 aromatic carbocycles. The van der Waals surface area contributed by atoms with Gasteiger partial charge in [-0.15, -0.1) is 0 Å². The summed E-state index contributed by atoms with van der Waals surface area (Å²) in [6.07, 6.45) is -1.80. The van der Waals surface area contributed by atoms with E-state index in [2.05, 4.69) is 6.58 Å². The van der Waals surface area contributed by atoms with E-state index < -0.39 is 35.5 Å². The molecule has 0 bridgehead atoms. The molecule has 0 radical (unpaired) electrons. The molecule has 1 aliphatic rings. The number of ether oxygens (including phenoxy) is 2. The van der Waals surface area contributed by atoms with Crippen LogP contribution in [0.2, 0.25) is 0 Å². The van der Waals surface area contributed by atoms with E-state index in [-0.39, 0.29) is 0 Å². The van der Waals surface area contributed by atoms with Gasteiger partial charge >= 0.3 is 12.1 Å². The molecule has 6 nitrogen and oxygen atoms in total. The lowest BCUT2D eigenvalue weighted by molar-refractivity contribution is -0.155. The number of allylic oxidation sites excluding steroid dienone is 1. The fourth-order valence-electron chi connectivity index (χ4n) is 3.02. The number of amides is 1. The highest BCUT2D eigenvalue weighted by Crippen LogP contribution is 2.42. The Labute approximate surface area is 154 Å². The molecule has 142 valence electrons. The third-order valence-electron chi connectivity index (χ3n) is 4.14. The summed E-state index contributed by atoms with van der Waals surface area (Å²) in [5.74, 6) is -1.13. The molecule has 1 N–H and O–H groups in total. The summed E-state index contributed by atoms with van der Waals surface area (Å²) in [6.45, 7) is 14.4. The van der Waals surface area contributed by atoms with Crippen LogP contribution in [0.15, 0.2) is 30.8 Å². The molecule has 1 aliphatic heterocycles. The van der Waals surface area contributed by atoms with Crippen molar-refractivity contribution in [2.45, 2.75) is 65.0 Å². The van der Waals surface area contributed by atoms with E-state index in [4.69, 9.17) is 9.47 Å². The Hall–Kier alpha value is -2.34. The zero-order valence-electron chi connectivity index (χ0n) is 16.2. The highest BCUT2D eigenvalue weighted by Gasteiger charge is 2.54. The first kappa shape index (κ1) is 20.0. The lowest BCUT2D eigenvalue weighted by atomic mass is 9.97. The van der Waals surface area contributed by atoms with Gasteiger partial charge in [-0.25, -0.2) is 9.59 Å². The molecule has 0 aliphatic carbocycles. The van der Waals surface area contributed by atoms with E-state index in [9.17, 15) is 14.7 Å². The van der Waals surface area contributed by atoms with E-state index in [1.165, 1.54) is 4.90 Å². The van der Waals surface area contributed by atoms with Crippen molar-refractivity contribution in [3.05, 3.63) is 42.0 Å². The summed E-state index contributed by atoms with van der Waals surface area (Å²) < 4.78 is 11.2. The Morgan fingerprint density at radius 2 is 1.77 bits per heavy atom. The number of rotatable bonds is 3. The molecule has 6 heteroatoms. The number of aliphatic carboxylic acids is 1. The van der Waals surface area contributed by atoms with Crippen LogP contribution in [0.1, 0.15) is 58.7 Å². The normalized spacial score (nSPS) is 22.2. The van der Waals surface area contributed by atoms with Crippen molar-refractivity contribution < 1.29 is 24.2 Å². The maximum absolute atomic E-state index is 12.8. The van der Waals surface area contributed by atoms with Gasteiger partial charge in [0.05, 0.1) is 0 Å². The summed E-state index contributed by atoms with van der Waals surface area (Å²) in [4.78, 5) is 26.0. The second-order valence-corrected chi connectivity index (χ2v) is 8.02. The van der Waals surface area contributed by atoms with Crippen LogP contribution in [0, 0.1) is 0 Å². The molecular formula is C20H27NO5. The molecule has 1 amide bonds. The van der Waals surface area contributed by atoms with Gasteiger partial charge in [0.2, 0.25) is 0 Å². The summed E-state index contributed by atoms with van der Waals surface area (Å²) in [6, 6.07) is 6.51. The van der Waals surface area contributed by atoms with Crippen molar-refractivity contribution >= 4 is 17.6 Å². The SMILES string of the molecule is C=C(C)c1ccc([C@H]2[C@H](C(=O)O)OC(C)(C)N2C(=O)OC(C)(C)C)cc1. The molecule has 1 aromatic rings. The smallest absolute Gasteiger partial charge is 0.413 e. The Kier molecular flexibility index (Phi) is 5.19. The minimum atomic E-state index is -1.19. The van der Waals surface area contributed by atoms with Gasteiger partial charge in [-0.2, -0.15) is 0 Å². The van der Waals surface area contributed by atoms with Crippen LogP contribution in [0.5, 0.6) is 0 Å². The van der Waals surface area contributed by atoms with Gasteiger partial charge in [0.1, 0.15) is 17.4 Å². The maximum Gasteiger partial charge on any atom is 0.413 e. The van der Waals surface area contributed by atoms with Gasteiger partial charge < -0.3 is 14.6 Å². The van der Waals surface area contributed by atoms with Crippen LogP contribution in [-0.4, -0.2) is 39.5 Å². The van der Waals surface area contributed by atoms with Gasteiger partial charge in [0.15, 0.2) is 6.10 Å². The van der Waals surface area contributed by atoms with E-state index in [0.29, 0.717) is 5.56 Å². The summed E-state index contributed by atoms with van der Waals surface area (Å²) in [5.41, 5.74) is 0.686. The number of hydrogen-bond acceptors (Lipinski definition) is 4. The molecular weight excluding hydrogens is 334 g/mol. The molecule has 0 spiro atoms. The Morgan fingerprint density at radius 1 is 1.23 bits per heavy atom.